The molecule has 0 fully saturated rings. The van der Waals surface area contributed by atoms with Gasteiger partial charge in [0.1, 0.15) is 17.2 Å². The molecule has 0 atom stereocenters. The first kappa shape index (κ1) is 42.8. The van der Waals surface area contributed by atoms with Crippen LogP contribution in [0.1, 0.15) is 37.5 Å². The molecule has 0 heterocycles. The number of hydrogen-bond donors (Lipinski definition) is 0. The number of hydrogen-bond acceptors (Lipinski definition) is 3. The molecule has 0 aliphatic rings. The van der Waals surface area contributed by atoms with E-state index in [4.69, 9.17) is 14.2 Å². The molecule has 9 rings (SSSR count). The molecule has 0 N–H and O–H groups in total. The predicted molar refractivity (Wildman–Crippen MR) is 258 cm³/mol. The van der Waals surface area contributed by atoms with Crippen molar-refractivity contribution in [3.8, 4) is 50.6 Å². The summed E-state index contributed by atoms with van der Waals surface area (Å²) in [7, 11) is 5.10. The van der Waals surface area contributed by atoms with Gasteiger partial charge in [-0.3, -0.25) is 0 Å². The maximum absolute atomic E-state index is 5.32. The topological polar surface area (TPSA) is 27.7 Å². The van der Waals surface area contributed by atoms with Crippen molar-refractivity contribution in [2.45, 2.75) is 41.0 Å². The summed E-state index contributed by atoms with van der Waals surface area (Å²) < 4.78 is 15.9. The minimum absolute atomic E-state index is 0.891. The molecule has 0 aliphatic carbocycles. The minimum Gasteiger partial charge on any atom is -0.497 e. The average Bonchev–Trinajstić information content (AvgIpc) is 3.31. The van der Waals surface area contributed by atoms with Crippen LogP contribution in [-0.2, 0) is 6.42 Å². The van der Waals surface area contributed by atoms with Gasteiger partial charge in [-0.2, -0.15) is 0 Å². The van der Waals surface area contributed by atoms with Crippen molar-refractivity contribution in [1.29, 1.82) is 0 Å². The van der Waals surface area contributed by atoms with Crippen LogP contribution in [0.15, 0.2) is 182 Å². The number of rotatable bonds is 7. The molecule has 0 radical (unpaired) electrons. The minimum atomic E-state index is 0.891. The SMILES string of the molecule is CC.CCc1cc(-c2ccc(OC)cc2)c2ccccc2c1.COc1cccc(-c2cc(C)cc3ccccc23)c1.COc1cccc(-c2cccc3ccc(C)cc23)c1. The van der Waals surface area contributed by atoms with E-state index in [-0.39, 0.29) is 0 Å². The van der Waals surface area contributed by atoms with Gasteiger partial charge in [-0.15, -0.1) is 0 Å². The molecule has 0 unspecified atom stereocenters. The lowest BCUT2D eigenvalue weighted by atomic mass is 9.95. The third-order valence-corrected chi connectivity index (χ3v) is 10.5. The highest BCUT2D eigenvalue weighted by Crippen LogP contribution is 2.34. The fourth-order valence-electron chi connectivity index (χ4n) is 7.51. The standard InChI is InChI=1S/C19H18O.2C18H16O.C2H6/c1-3-14-12-16-6-4-5-7-18(16)19(13-14)15-8-10-17(20-2)11-9-15;1-13-9-10-14-5-4-8-17(18(14)11-13)15-6-3-7-16(12-15)19-2;1-13-10-14-6-3-4-9-17(14)18(11-13)15-7-5-8-16(12-15)19-2;1-2/h4-13H,3H2,1-2H3;2*3-12H,1-2H3;1-2H3. The molecule has 60 heavy (non-hydrogen) atoms. The summed E-state index contributed by atoms with van der Waals surface area (Å²) in [6.07, 6.45) is 1.05. The molecule has 9 aromatic rings. The lowest BCUT2D eigenvalue weighted by Crippen LogP contribution is -1.87. The van der Waals surface area contributed by atoms with Gasteiger partial charge in [-0.05, 0) is 133 Å². The van der Waals surface area contributed by atoms with Crippen molar-refractivity contribution in [2.75, 3.05) is 21.3 Å². The van der Waals surface area contributed by atoms with Crippen LogP contribution in [0.3, 0.4) is 0 Å². The van der Waals surface area contributed by atoms with E-state index < -0.39 is 0 Å². The van der Waals surface area contributed by atoms with Crippen molar-refractivity contribution in [3.63, 3.8) is 0 Å². The Morgan fingerprint density at radius 1 is 0.350 bits per heavy atom. The maximum atomic E-state index is 5.32. The van der Waals surface area contributed by atoms with Crippen molar-refractivity contribution < 1.29 is 14.2 Å². The van der Waals surface area contributed by atoms with Gasteiger partial charge in [0.15, 0.2) is 0 Å². The highest BCUT2D eigenvalue weighted by atomic mass is 16.5. The molecular formula is C57H56O3. The van der Waals surface area contributed by atoms with E-state index in [1.807, 2.05) is 50.2 Å². The van der Waals surface area contributed by atoms with E-state index in [1.165, 1.54) is 82.4 Å². The first-order chi connectivity index (χ1) is 29.4. The van der Waals surface area contributed by atoms with Gasteiger partial charge in [0.2, 0.25) is 0 Å². The molecule has 0 saturated carbocycles. The Morgan fingerprint density at radius 3 is 1.48 bits per heavy atom. The molecule has 0 saturated heterocycles. The predicted octanol–water partition coefficient (Wildman–Crippen LogP) is 15.8. The largest absolute Gasteiger partial charge is 0.497 e. The van der Waals surface area contributed by atoms with Crippen molar-refractivity contribution in [3.05, 3.63) is 199 Å². The van der Waals surface area contributed by atoms with Gasteiger partial charge in [0.05, 0.1) is 21.3 Å². The van der Waals surface area contributed by atoms with Crippen molar-refractivity contribution in [1.82, 2.24) is 0 Å². The van der Waals surface area contributed by atoms with Gasteiger partial charge >= 0.3 is 0 Å². The van der Waals surface area contributed by atoms with E-state index in [1.54, 1.807) is 21.3 Å². The van der Waals surface area contributed by atoms with Crippen LogP contribution in [0, 0.1) is 13.8 Å². The summed E-state index contributed by atoms with van der Waals surface area (Å²) in [5, 5.41) is 7.72. The van der Waals surface area contributed by atoms with Crippen molar-refractivity contribution in [2.24, 2.45) is 0 Å². The first-order valence-corrected chi connectivity index (χ1v) is 20.8. The second kappa shape index (κ2) is 20.7. The number of aryl methyl sites for hydroxylation is 3. The molecule has 302 valence electrons. The Bertz CT molecular complexity index is 2800. The normalized spacial score (nSPS) is 10.4. The van der Waals surface area contributed by atoms with Crippen molar-refractivity contribution >= 4 is 32.3 Å². The second-order valence-corrected chi connectivity index (χ2v) is 14.5. The Labute approximate surface area is 356 Å². The zero-order chi connectivity index (χ0) is 42.4. The zero-order valence-corrected chi connectivity index (χ0v) is 36.3. The highest BCUT2D eigenvalue weighted by Gasteiger charge is 2.08. The van der Waals surface area contributed by atoms with Crippen LogP contribution in [0.4, 0.5) is 0 Å². The van der Waals surface area contributed by atoms with Gasteiger partial charge in [0, 0.05) is 0 Å². The number of benzene rings is 9. The van der Waals surface area contributed by atoms with Gasteiger partial charge in [-0.1, -0.05) is 172 Å². The highest BCUT2D eigenvalue weighted by molar-refractivity contribution is 5.99. The van der Waals surface area contributed by atoms with Crippen LogP contribution >= 0.6 is 0 Å². The summed E-state index contributed by atoms with van der Waals surface area (Å²) in [6, 6.07) is 63.8. The quantitative estimate of drug-likeness (QED) is 0.161. The third-order valence-electron chi connectivity index (χ3n) is 10.5. The monoisotopic (exact) mass is 788 g/mol. The molecule has 0 aliphatic heterocycles. The summed E-state index contributed by atoms with van der Waals surface area (Å²) in [6.45, 7) is 10.5. The Kier molecular flexibility index (Phi) is 14.8. The summed E-state index contributed by atoms with van der Waals surface area (Å²) in [4.78, 5) is 0. The average molecular weight is 789 g/mol. The summed E-state index contributed by atoms with van der Waals surface area (Å²) >= 11 is 0. The molecule has 0 amide bonds. The first-order valence-electron chi connectivity index (χ1n) is 20.8. The lowest BCUT2D eigenvalue weighted by Gasteiger charge is -2.10. The van der Waals surface area contributed by atoms with Gasteiger partial charge < -0.3 is 14.2 Å². The summed E-state index contributed by atoms with van der Waals surface area (Å²) in [5.41, 5.74) is 11.3. The van der Waals surface area contributed by atoms with Crippen LogP contribution < -0.4 is 14.2 Å². The number of methoxy groups -OCH3 is 3. The Balaban J connectivity index is 0.000000148. The molecule has 0 aromatic heterocycles. The van der Waals surface area contributed by atoms with Crippen LogP contribution in [0.5, 0.6) is 17.2 Å². The smallest absolute Gasteiger partial charge is 0.119 e. The van der Waals surface area contributed by atoms with Crippen LogP contribution in [0.2, 0.25) is 0 Å². The van der Waals surface area contributed by atoms with Gasteiger partial charge in [0.25, 0.3) is 0 Å². The fraction of sp³-hybridized carbons (Fsp3) is 0.158. The van der Waals surface area contributed by atoms with E-state index >= 15 is 0 Å². The lowest BCUT2D eigenvalue weighted by molar-refractivity contribution is 0.415. The number of fused-ring (bicyclic) bond motifs is 3. The third kappa shape index (κ3) is 10.2. The Morgan fingerprint density at radius 2 is 0.883 bits per heavy atom. The molecule has 9 aromatic carbocycles. The second-order valence-electron chi connectivity index (χ2n) is 14.5. The molecular weight excluding hydrogens is 733 g/mol. The molecule has 3 heteroatoms. The fourth-order valence-corrected chi connectivity index (χ4v) is 7.51. The van der Waals surface area contributed by atoms with Crippen LogP contribution in [-0.4, -0.2) is 21.3 Å². The van der Waals surface area contributed by atoms with E-state index in [0.29, 0.717) is 0 Å². The van der Waals surface area contributed by atoms with E-state index in [9.17, 15) is 0 Å². The molecule has 0 spiro atoms. The number of ether oxygens (including phenoxy) is 3. The zero-order valence-electron chi connectivity index (χ0n) is 36.3. The van der Waals surface area contributed by atoms with Crippen LogP contribution in [0.25, 0.3) is 65.7 Å². The summed E-state index contributed by atoms with van der Waals surface area (Å²) in [5.74, 6) is 2.68. The Hall–Kier alpha value is -6.84. The molecule has 0 bridgehead atoms. The van der Waals surface area contributed by atoms with E-state index in [2.05, 4.69) is 166 Å². The van der Waals surface area contributed by atoms with E-state index in [0.717, 1.165) is 23.7 Å². The molecule has 3 nitrogen and oxygen atoms in total. The maximum Gasteiger partial charge on any atom is 0.119 e. The van der Waals surface area contributed by atoms with Gasteiger partial charge in [-0.25, -0.2) is 0 Å².